The normalized spacial score (nSPS) is 12.8. The number of hydrogen-bond acceptors (Lipinski definition) is 2. The summed E-state index contributed by atoms with van der Waals surface area (Å²) in [6.45, 7) is 0. The zero-order chi connectivity index (χ0) is 14.1. The van der Waals surface area contributed by atoms with Gasteiger partial charge in [0.25, 0.3) is 0 Å². The molecule has 0 amide bonds. The van der Waals surface area contributed by atoms with Gasteiger partial charge in [-0.3, -0.25) is 0 Å². The lowest BCUT2D eigenvalue weighted by Crippen LogP contribution is -2.17. The molecule has 1 aromatic heterocycles. The molecule has 1 heterocycles. The summed E-state index contributed by atoms with van der Waals surface area (Å²) < 4.78 is 1.11. The Bertz CT molecular complexity index is 753. The molecule has 102 valence electrons. The highest BCUT2D eigenvalue weighted by atomic mass is 79.9. The highest BCUT2D eigenvalue weighted by Crippen LogP contribution is 2.37. The average molecular weight is 367 g/mol. The van der Waals surface area contributed by atoms with Gasteiger partial charge in [-0.25, -0.2) is 0 Å². The molecule has 20 heavy (non-hydrogen) atoms. The van der Waals surface area contributed by atoms with Gasteiger partial charge in [0.2, 0.25) is 0 Å². The van der Waals surface area contributed by atoms with Crippen LogP contribution >= 0.6 is 38.9 Å². The van der Waals surface area contributed by atoms with Gasteiger partial charge in [-0.2, -0.15) is 0 Å². The van der Waals surface area contributed by atoms with E-state index in [1.54, 1.807) is 11.3 Å². The predicted octanol–water partition coefficient (Wildman–Crippen LogP) is 5.63. The fourth-order valence-electron chi connectivity index (χ4n) is 2.48. The van der Waals surface area contributed by atoms with Crippen molar-refractivity contribution in [2.45, 2.75) is 6.04 Å². The van der Waals surface area contributed by atoms with E-state index in [0.29, 0.717) is 0 Å². The number of rotatable bonds is 3. The van der Waals surface area contributed by atoms with Crippen LogP contribution in [0.3, 0.4) is 0 Å². The van der Waals surface area contributed by atoms with E-state index in [9.17, 15) is 0 Å². The Kier molecular flexibility index (Phi) is 4.13. The first-order valence-electron chi connectivity index (χ1n) is 6.29. The standard InChI is InChI=1S/C16H13BrClNS/c1-19-15(16-14(18)8-9-20-16)12-6-7-13(17)11-5-3-2-4-10(11)12/h2-9,15,19H,1H3. The topological polar surface area (TPSA) is 12.0 Å². The maximum atomic E-state index is 6.31. The van der Waals surface area contributed by atoms with E-state index in [1.807, 2.05) is 18.5 Å². The van der Waals surface area contributed by atoms with E-state index in [1.165, 1.54) is 16.3 Å². The second-order valence-corrected chi connectivity index (χ2v) is 6.75. The first-order valence-corrected chi connectivity index (χ1v) is 8.34. The molecule has 0 radical (unpaired) electrons. The quantitative estimate of drug-likeness (QED) is 0.634. The first-order chi connectivity index (χ1) is 9.72. The third-order valence-corrected chi connectivity index (χ3v) is 5.53. The molecule has 1 N–H and O–H groups in total. The summed E-state index contributed by atoms with van der Waals surface area (Å²) >= 11 is 11.6. The second-order valence-electron chi connectivity index (χ2n) is 4.54. The summed E-state index contributed by atoms with van der Waals surface area (Å²) in [7, 11) is 1.97. The third-order valence-electron chi connectivity index (χ3n) is 3.41. The van der Waals surface area contributed by atoms with Crippen molar-refractivity contribution < 1.29 is 0 Å². The summed E-state index contributed by atoms with van der Waals surface area (Å²) in [5.74, 6) is 0. The molecule has 4 heteroatoms. The summed E-state index contributed by atoms with van der Waals surface area (Å²) in [4.78, 5) is 1.15. The largest absolute Gasteiger partial charge is 0.309 e. The minimum Gasteiger partial charge on any atom is -0.309 e. The highest BCUT2D eigenvalue weighted by molar-refractivity contribution is 9.10. The van der Waals surface area contributed by atoms with Crippen LogP contribution in [0.25, 0.3) is 10.8 Å². The van der Waals surface area contributed by atoms with Gasteiger partial charge in [0.15, 0.2) is 0 Å². The third kappa shape index (κ3) is 2.40. The van der Waals surface area contributed by atoms with Crippen molar-refractivity contribution in [1.82, 2.24) is 5.32 Å². The monoisotopic (exact) mass is 365 g/mol. The van der Waals surface area contributed by atoms with Gasteiger partial charge in [-0.1, -0.05) is 57.9 Å². The van der Waals surface area contributed by atoms with Gasteiger partial charge in [-0.05, 0) is 40.9 Å². The SMILES string of the molecule is CNC(c1sccc1Cl)c1ccc(Br)c2ccccc12. The molecule has 0 saturated carbocycles. The van der Waals surface area contributed by atoms with Crippen molar-refractivity contribution in [1.29, 1.82) is 0 Å². The van der Waals surface area contributed by atoms with Crippen LogP contribution in [0.2, 0.25) is 5.02 Å². The summed E-state index contributed by atoms with van der Waals surface area (Å²) in [6, 6.07) is 14.7. The number of nitrogens with one attached hydrogen (secondary N) is 1. The minimum absolute atomic E-state index is 0.112. The maximum Gasteiger partial charge on any atom is 0.0689 e. The van der Waals surface area contributed by atoms with Gasteiger partial charge in [-0.15, -0.1) is 11.3 Å². The van der Waals surface area contributed by atoms with E-state index in [-0.39, 0.29) is 6.04 Å². The first kappa shape index (κ1) is 14.1. The van der Waals surface area contributed by atoms with Gasteiger partial charge >= 0.3 is 0 Å². The van der Waals surface area contributed by atoms with Gasteiger partial charge in [0.1, 0.15) is 0 Å². The molecule has 1 unspecified atom stereocenters. The molecule has 0 aliphatic rings. The predicted molar refractivity (Wildman–Crippen MR) is 91.9 cm³/mol. The van der Waals surface area contributed by atoms with Gasteiger partial charge < -0.3 is 5.32 Å². The minimum atomic E-state index is 0.112. The van der Waals surface area contributed by atoms with Crippen molar-refractivity contribution in [3.8, 4) is 0 Å². The maximum absolute atomic E-state index is 6.31. The Morgan fingerprint density at radius 1 is 1.10 bits per heavy atom. The second kappa shape index (κ2) is 5.86. The van der Waals surface area contributed by atoms with Crippen LogP contribution < -0.4 is 5.32 Å². The number of hydrogen-bond donors (Lipinski definition) is 1. The molecular formula is C16H13BrClNS. The van der Waals surface area contributed by atoms with Crippen molar-refractivity contribution in [2.24, 2.45) is 0 Å². The lowest BCUT2D eigenvalue weighted by Gasteiger charge is -2.18. The van der Waals surface area contributed by atoms with Crippen LogP contribution in [0.15, 0.2) is 52.3 Å². The summed E-state index contributed by atoms with van der Waals surface area (Å²) in [6.07, 6.45) is 0. The molecule has 0 saturated heterocycles. The fourth-order valence-corrected chi connectivity index (χ4v) is 4.25. The van der Waals surface area contributed by atoms with E-state index in [2.05, 4.69) is 57.6 Å². The lowest BCUT2D eigenvalue weighted by atomic mass is 9.98. The lowest BCUT2D eigenvalue weighted by molar-refractivity contribution is 0.709. The number of fused-ring (bicyclic) bond motifs is 1. The van der Waals surface area contributed by atoms with Gasteiger partial charge in [0, 0.05) is 9.35 Å². The number of benzene rings is 2. The summed E-state index contributed by atoms with van der Waals surface area (Å²) in [5.41, 5.74) is 1.25. The Morgan fingerprint density at radius 2 is 1.85 bits per heavy atom. The molecule has 3 aromatic rings. The molecule has 0 aliphatic heterocycles. The Labute approximate surface area is 135 Å². The summed E-state index contributed by atoms with van der Waals surface area (Å²) in [5, 5.41) is 8.70. The molecule has 0 fully saturated rings. The molecule has 1 atom stereocenters. The molecule has 3 rings (SSSR count). The van der Waals surface area contributed by atoms with Crippen molar-refractivity contribution >= 4 is 49.6 Å². The Morgan fingerprint density at radius 3 is 2.50 bits per heavy atom. The van der Waals surface area contributed by atoms with E-state index in [4.69, 9.17) is 11.6 Å². The molecule has 0 spiro atoms. The van der Waals surface area contributed by atoms with Crippen LogP contribution in [-0.4, -0.2) is 7.05 Å². The molecule has 2 aromatic carbocycles. The zero-order valence-corrected chi connectivity index (χ0v) is 14.0. The Hall–Kier alpha value is -0.870. The van der Waals surface area contributed by atoms with Crippen LogP contribution in [0.4, 0.5) is 0 Å². The fraction of sp³-hybridized carbons (Fsp3) is 0.125. The van der Waals surface area contributed by atoms with Crippen LogP contribution in [0, 0.1) is 0 Å². The Balaban J connectivity index is 2.23. The number of thiophene rings is 1. The average Bonchev–Trinajstić information content (AvgIpc) is 2.89. The highest BCUT2D eigenvalue weighted by Gasteiger charge is 2.19. The van der Waals surface area contributed by atoms with Crippen LogP contribution in [0.5, 0.6) is 0 Å². The van der Waals surface area contributed by atoms with Gasteiger partial charge in [0.05, 0.1) is 11.1 Å². The smallest absolute Gasteiger partial charge is 0.0689 e. The van der Waals surface area contributed by atoms with E-state index < -0.39 is 0 Å². The van der Waals surface area contributed by atoms with E-state index in [0.717, 1.165) is 14.4 Å². The van der Waals surface area contributed by atoms with Crippen molar-refractivity contribution in [2.75, 3.05) is 7.05 Å². The van der Waals surface area contributed by atoms with Crippen molar-refractivity contribution in [3.05, 3.63) is 67.8 Å². The molecule has 1 nitrogen and oxygen atoms in total. The molecule has 0 aliphatic carbocycles. The van der Waals surface area contributed by atoms with E-state index >= 15 is 0 Å². The van der Waals surface area contributed by atoms with Crippen LogP contribution in [0.1, 0.15) is 16.5 Å². The molecule has 0 bridgehead atoms. The van der Waals surface area contributed by atoms with Crippen molar-refractivity contribution in [3.63, 3.8) is 0 Å². The number of halogens is 2. The zero-order valence-electron chi connectivity index (χ0n) is 10.9. The molecular weight excluding hydrogens is 354 g/mol. The van der Waals surface area contributed by atoms with Crippen LogP contribution in [-0.2, 0) is 0 Å².